The van der Waals surface area contributed by atoms with Gasteiger partial charge in [0, 0.05) is 17.5 Å². The monoisotopic (exact) mass is 314 g/mol. The van der Waals surface area contributed by atoms with Crippen LogP contribution in [0.4, 0.5) is 11.4 Å². The van der Waals surface area contributed by atoms with E-state index >= 15 is 0 Å². The van der Waals surface area contributed by atoms with Crippen LogP contribution in [0.1, 0.15) is 12.5 Å². The molecule has 0 radical (unpaired) electrons. The summed E-state index contributed by atoms with van der Waals surface area (Å²) in [6.45, 7) is 3.44. The van der Waals surface area contributed by atoms with E-state index in [-0.39, 0.29) is 17.6 Å². The van der Waals surface area contributed by atoms with Crippen molar-refractivity contribution in [2.45, 2.75) is 18.7 Å². The first kappa shape index (κ1) is 16.1. The number of anilines is 2. The summed E-state index contributed by atoms with van der Waals surface area (Å²) in [6, 6.07) is 15.1. The predicted octanol–water partition coefficient (Wildman–Crippen LogP) is 3.68. The molecule has 2 aromatic carbocycles. The number of carbonyl (C=O) groups is 2. The molecule has 2 N–H and O–H groups in total. The van der Waals surface area contributed by atoms with Gasteiger partial charge in [0.2, 0.25) is 11.8 Å². The Hall–Kier alpha value is -2.27. The van der Waals surface area contributed by atoms with Gasteiger partial charge in [-0.25, -0.2) is 0 Å². The lowest BCUT2D eigenvalue weighted by Gasteiger charge is -2.10. The van der Waals surface area contributed by atoms with Crippen molar-refractivity contribution in [2.75, 3.05) is 16.4 Å². The van der Waals surface area contributed by atoms with E-state index in [1.807, 2.05) is 55.5 Å². The lowest BCUT2D eigenvalue weighted by atomic mass is 10.2. The van der Waals surface area contributed by atoms with Gasteiger partial charge in [0.1, 0.15) is 0 Å². The highest BCUT2D eigenvalue weighted by molar-refractivity contribution is 8.00. The van der Waals surface area contributed by atoms with Crippen LogP contribution >= 0.6 is 11.8 Å². The summed E-state index contributed by atoms with van der Waals surface area (Å²) in [4.78, 5) is 24.1. The van der Waals surface area contributed by atoms with E-state index in [1.54, 1.807) is 0 Å². The van der Waals surface area contributed by atoms with Crippen molar-refractivity contribution in [2.24, 2.45) is 0 Å². The number of aryl methyl sites for hydroxylation is 1. The summed E-state index contributed by atoms with van der Waals surface area (Å²) in [7, 11) is 0. The predicted molar refractivity (Wildman–Crippen MR) is 91.3 cm³/mol. The van der Waals surface area contributed by atoms with Gasteiger partial charge in [-0.1, -0.05) is 24.3 Å². The molecule has 114 valence electrons. The van der Waals surface area contributed by atoms with Gasteiger partial charge >= 0.3 is 0 Å². The number of thioether (sulfide) groups is 1. The number of rotatable bonds is 5. The molecule has 0 bridgehead atoms. The highest BCUT2D eigenvalue weighted by atomic mass is 32.2. The van der Waals surface area contributed by atoms with E-state index in [0.717, 1.165) is 21.8 Å². The molecule has 2 aromatic rings. The third-order valence-electron chi connectivity index (χ3n) is 2.86. The minimum absolute atomic E-state index is 0.0757. The summed E-state index contributed by atoms with van der Waals surface area (Å²) in [5, 5.41) is 5.63. The maximum absolute atomic E-state index is 12.0. The van der Waals surface area contributed by atoms with Crippen LogP contribution in [0.5, 0.6) is 0 Å². The molecule has 0 atom stereocenters. The Kier molecular flexibility index (Phi) is 5.61. The van der Waals surface area contributed by atoms with Crippen molar-refractivity contribution >= 4 is 35.0 Å². The lowest BCUT2D eigenvalue weighted by molar-refractivity contribution is -0.114. The van der Waals surface area contributed by atoms with Crippen molar-refractivity contribution in [1.82, 2.24) is 0 Å². The first-order valence-corrected chi connectivity index (χ1v) is 7.89. The van der Waals surface area contributed by atoms with Gasteiger partial charge in [0.15, 0.2) is 0 Å². The molecule has 0 saturated heterocycles. The molecule has 0 fully saturated rings. The molecule has 0 spiro atoms. The minimum Gasteiger partial charge on any atom is -0.325 e. The average molecular weight is 314 g/mol. The quantitative estimate of drug-likeness (QED) is 0.828. The first-order chi connectivity index (χ1) is 10.5. The molecule has 0 heterocycles. The Bertz CT molecular complexity index is 686. The fourth-order valence-electron chi connectivity index (χ4n) is 1.95. The van der Waals surface area contributed by atoms with Crippen LogP contribution in [-0.4, -0.2) is 17.6 Å². The summed E-state index contributed by atoms with van der Waals surface area (Å²) in [5.41, 5.74) is 2.62. The number of benzene rings is 2. The Labute approximate surface area is 134 Å². The molecule has 0 aromatic heterocycles. The number of carbonyl (C=O) groups excluding carboxylic acids is 2. The zero-order chi connectivity index (χ0) is 15.9. The third kappa shape index (κ3) is 4.93. The number of amides is 2. The van der Waals surface area contributed by atoms with Crippen molar-refractivity contribution in [3.63, 3.8) is 0 Å². The fraction of sp³-hybridized carbons (Fsp3) is 0.176. The van der Waals surface area contributed by atoms with Crippen LogP contribution in [0.25, 0.3) is 0 Å². The number of nitrogens with one attached hydrogen (secondary N) is 2. The second-order valence-corrected chi connectivity index (χ2v) is 5.90. The average Bonchev–Trinajstić information content (AvgIpc) is 2.46. The van der Waals surface area contributed by atoms with Crippen LogP contribution in [-0.2, 0) is 9.59 Å². The Morgan fingerprint density at radius 1 is 1.05 bits per heavy atom. The number of hydrogen-bond donors (Lipinski definition) is 2. The zero-order valence-corrected chi connectivity index (χ0v) is 13.4. The van der Waals surface area contributed by atoms with Crippen LogP contribution in [0.15, 0.2) is 53.4 Å². The molecule has 0 aliphatic rings. The molecular formula is C17H18N2O2S. The van der Waals surface area contributed by atoms with Crippen LogP contribution in [0.3, 0.4) is 0 Å². The second kappa shape index (κ2) is 7.66. The van der Waals surface area contributed by atoms with Crippen molar-refractivity contribution in [3.05, 3.63) is 54.1 Å². The smallest absolute Gasteiger partial charge is 0.234 e. The maximum Gasteiger partial charge on any atom is 0.234 e. The van der Waals surface area contributed by atoms with Gasteiger partial charge in [-0.15, -0.1) is 11.8 Å². The SMILES string of the molecule is CC(=O)Nc1ccccc1SCC(=O)Nc1cccc(C)c1. The van der Waals surface area contributed by atoms with Gasteiger partial charge in [0.05, 0.1) is 11.4 Å². The van der Waals surface area contributed by atoms with Crippen molar-refractivity contribution in [1.29, 1.82) is 0 Å². The molecule has 2 rings (SSSR count). The van der Waals surface area contributed by atoms with Crippen LogP contribution in [0, 0.1) is 6.92 Å². The molecule has 0 saturated carbocycles. The van der Waals surface area contributed by atoms with E-state index in [2.05, 4.69) is 10.6 Å². The molecule has 2 amide bonds. The third-order valence-corrected chi connectivity index (χ3v) is 3.93. The molecular weight excluding hydrogens is 296 g/mol. The van der Waals surface area contributed by atoms with E-state index < -0.39 is 0 Å². The maximum atomic E-state index is 12.0. The summed E-state index contributed by atoms with van der Waals surface area (Å²) in [6.07, 6.45) is 0. The second-order valence-electron chi connectivity index (χ2n) is 4.88. The Morgan fingerprint density at radius 3 is 2.55 bits per heavy atom. The van der Waals surface area contributed by atoms with Gasteiger partial charge in [-0.2, -0.15) is 0 Å². The Balaban J connectivity index is 1.95. The van der Waals surface area contributed by atoms with Gasteiger partial charge in [-0.3, -0.25) is 9.59 Å². The Morgan fingerprint density at radius 2 is 1.82 bits per heavy atom. The van der Waals surface area contributed by atoms with Crippen LogP contribution < -0.4 is 10.6 Å². The highest BCUT2D eigenvalue weighted by Crippen LogP contribution is 2.27. The normalized spacial score (nSPS) is 10.1. The van der Waals surface area contributed by atoms with Crippen molar-refractivity contribution < 1.29 is 9.59 Å². The lowest BCUT2D eigenvalue weighted by Crippen LogP contribution is -2.14. The molecule has 5 heteroatoms. The topological polar surface area (TPSA) is 58.2 Å². The van der Waals surface area contributed by atoms with E-state index in [4.69, 9.17) is 0 Å². The molecule has 0 unspecified atom stereocenters. The summed E-state index contributed by atoms with van der Waals surface area (Å²) in [5.74, 6) is 0.0790. The van der Waals surface area contributed by atoms with Gasteiger partial charge in [0.25, 0.3) is 0 Å². The minimum atomic E-state index is -0.128. The molecule has 4 nitrogen and oxygen atoms in total. The number of hydrogen-bond acceptors (Lipinski definition) is 3. The molecule has 0 aliphatic heterocycles. The standard InChI is InChI=1S/C17H18N2O2S/c1-12-6-5-7-14(10-12)19-17(21)11-22-16-9-4-3-8-15(16)18-13(2)20/h3-10H,11H2,1-2H3,(H,18,20)(H,19,21). The summed E-state index contributed by atoms with van der Waals surface area (Å²) < 4.78 is 0. The largest absolute Gasteiger partial charge is 0.325 e. The molecule has 22 heavy (non-hydrogen) atoms. The zero-order valence-electron chi connectivity index (χ0n) is 12.6. The first-order valence-electron chi connectivity index (χ1n) is 6.90. The van der Waals surface area contributed by atoms with E-state index in [0.29, 0.717) is 0 Å². The van der Waals surface area contributed by atoms with E-state index in [9.17, 15) is 9.59 Å². The van der Waals surface area contributed by atoms with Crippen molar-refractivity contribution in [3.8, 4) is 0 Å². The van der Waals surface area contributed by atoms with Gasteiger partial charge < -0.3 is 10.6 Å². The summed E-state index contributed by atoms with van der Waals surface area (Å²) >= 11 is 1.39. The number of para-hydroxylation sites is 1. The van der Waals surface area contributed by atoms with E-state index in [1.165, 1.54) is 18.7 Å². The van der Waals surface area contributed by atoms with Gasteiger partial charge in [-0.05, 0) is 36.8 Å². The highest BCUT2D eigenvalue weighted by Gasteiger charge is 2.08. The fourth-order valence-corrected chi connectivity index (χ4v) is 2.76. The molecule has 0 aliphatic carbocycles. The van der Waals surface area contributed by atoms with Crippen LogP contribution in [0.2, 0.25) is 0 Å².